The molecule has 0 radical (unpaired) electrons. The number of methoxy groups -OCH3 is 1. The van der Waals surface area contributed by atoms with Gasteiger partial charge < -0.3 is 30.2 Å². The number of amides is 2. The zero-order valence-corrected chi connectivity index (χ0v) is 20.2. The van der Waals surface area contributed by atoms with E-state index in [1.165, 1.54) is 0 Å². The number of carbonyl (C=O) groups is 3. The summed E-state index contributed by atoms with van der Waals surface area (Å²) in [6, 6.07) is 13.2. The van der Waals surface area contributed by atoms with E-state index < -0.39 is 18.1 Å². The highest BCUT2D eigenvalue weighted by Gasteiger charge is 2.36. The molecule has 0 saturated carbocycles. The zero-order valence-electron chi connectivity index (χ0n) is 20.2. The fourth-order valence-electron chi connectivity index (χ4n) is 3.97. The average molecular weight is 484 g/mol. The third-order valence-electron chi connectivity index (χ3n) is 5.82. The highest BCUT2D eigenvalue weighted by molar-refractivity contribution is 5.90. The zero-order chi connectivity index (χ0) is 25.2. The molecule has 1 aliphatic heterocycles. The van der Waals surface area contributed by atoms with E-state index in [1.807, 2.05) is 36.4 Å². The summed E-state index contributed by atoms with van der Waals surface area (Å²) in [5.74, 6) is 0.426. The van der Waals surface area contributed by atoms with Crippen LogP contribution in [0.5, 0.6) is 11.5 Å². The molecule has 0 bridgehead atoms. The van der Waals surface area contributed by atoms with E-state index in [9.17, 15) is 14.4 Å². The van der Waals surface area contributed by atoms with Gasteiger partial charge in [-0.3, -0.25) is 9.59 Å². The van der Waals surface area contributed by atoms with Crippen molar-refractivity contribution in [2.45, 2.75) is 44.8 Å². The maximum Gasteiger partial charge on any atom is 0.344 e. The Morgan fingerprint density at radius 3 is 2.37 bits per heavy atom. The monoisotopic (exact) mass is 483 g/mol. The van der Waals surface area contributed by atoms with E-state index in [0.717, 1.165) is 23.3 Å². The molecule has 2 amide bonds. The van der Waals surface area contributed by atoms with Crippen LogP contribution in [0.25, 0.3) is 0 Å². The minimum absolute atomic E-state index is 0.157. The lowest BCUT2D eigenvalue weighted by atomic mass is 10.0. The molecule has 3 N–H and O–H groups in total. The van der Waals surface area contributed by atoms with Crippen molar-refractivity contribution in [3.8, 4) is 11.5 Å². The Kier molecular flexibility index (Phi) is 9.48. The van der Waals surface area contributed by atoms with Crippen molar-refractivity contribution in [1.82, 2.24) is 10.2 Å². The Hall–Kier alpha value is -3.59. The molecule has 3 rings (SSSR count). The molecule has 0 aliphatic carbocycles. The normalized spacial score (nSPS) is 15.9. The molecule has 0 spiro atoms. The minimum atomic E-state index is -0.723. The number of carbonyl (C=O) groups excluding carboxylic acids is 3. The number of rotatable bonds is 11. The van der Waals surface area contributed by atoms with E-state index >= 15 is 0 Å². The van der Waals surface area contributed by atoms with Crippen LogP contribution in [0.4, 0.5) is 0 Å². The topological polar surface area (TPSA) is 120 Å². The molecule has 35 heavy (non-hydrogen) atoms. The van der Waals surface area contributed by atoms with Crippen molar-refractivity contribution >= 4 is 17.8 Å². The second-order valence-corrected chi connectivity index (χ2v) is 8.30. The molecule has 1 aliphatic rings. The summed E-state index contributed by atoms with van der Waals surface area (Å²) in [5, 5.41) is 2.91. The van der Waals surface area contributed by atoms with Crippen molar-refractivity contribution in [3.05, 3.63) is 59.7 Å². The molecule has 1 heterocycles. The van der Waals surface area contributed by atoms with Gasteiger partial charge in [0.25, 0.3) is 0 Å². The van der Waals surface area contributed by atoms with Crippen LogP contribution in [0.3, 0.4) is 0 Å². The van der Waals surface area contributed by atoms with Crippen LogP contribution in [-0.4, -0.2) is 61.6 Å². The van der Waals surface area contributed by atoms with E-state index in [2.05, 4.69) is 5.32 Å². The lowest BCUT2D eigenvalue weighted by Gasteiger charge is -2.27. The van der Waals surface area contributed by atoms with E-state index in [0.29, 0.717) is 38.3 Å². The van der Waals surface area contributed by atoms with Crippen molar-refractivity contribution in [1.29, 1.82) is 0 Å². The lowest BCUT2D eigenvalue weighted by molar-refractivity contribution is -0.145. The summed E-state index contributed by atoms with van der Waals surface area (Å²) in [6.45, 7) is 2.71. The second-order valence-electron chi connectivity index (χ2n) is 8.30. The Balaban J connectivity index is 1.49. The van der Waals surface area contributed by atoms with Gasteiger partial charge >= 0.3 is 5.97 Å². The van der Waals surface area contributed by atoms with Gasteiger partial charge in [0.15, 0.2) is 6.61 Å². The molecule has 188 valence electrons. The van der Waals surface area contributed by atoms with Crippen molar-refractivity contribution in [2.75, 3.05) is 26.9 Å². The molecule has 1 saturated heterocycles. The molecule has 2 aromatic carbocycles. The Morgan fingerprint density at radius 2 is 1.71 bits per heavy atom. The lowest BCUT2D eigenvalue weighted by Crippen LogP contribution is -2.51. The fraction of sp³-hybridized carbons (Fsp3) is 0.423. The molecule has 2 aromatic rings. The number of nitrogens with zero attached hydrogens (tertiary/aromatic N) is 1. The minimum Gasteiger partial charge on any atom is -0.497 e. The number of benzene rings is 2. The average Bonchev–Trinajstić information content (AvgIpc) is 3.37. The standard InChI is InChI=1S/C26H33N3O6/c1-3-34-24(30)17-35-21-12-8-19(9-13-21)16-28-25(31)23-5-4-14-29(23)26(32)22(27)15-18-6-10-20(33-2)11-7-18/h6-13,22-23H,3-5,14-17,27H2,1-2H3,(H,28,31)/t22-,23-/m0/s1. The van der Waals surface area contributed by atoms with Gasteiger partial charge in [-0.15, -0.1) is 0 Å². The quantitative estimate of drug-likeness (QED) is 0.468. The van der Waals surface area contributed by atoms with Crippen molar-refractivity contribution in [3.63, 3.8) is 0 Å². The number of hydrogen-bond donors (Lipinski definition) is 2. The molecule has 9 heteroatoms. The molecule has 0 aromatic heterocycles. The Labute approximate surface area is 205 Å². The SMILES string of the molecule is CCOC(=O)COc1ccc(CNC(=O)[C@@H]2CCCN2C(=O)[C@@H](N)Cc2ccc(OC)cc2)cc1. The predicted octanol–water partition coefficient (Wildman–Crippen LogP) is 1.81. The van der Waals surface area contributed by atoms with Crippen molar-refractivity contribution in [2.24, 2.45) is 5.73 Å². The van der Waals surface area contributed by atoms with Crippen LogP contribution in [-0.2, 0) is 32.1 Å². The second kappa shape index (κ2) is 12.8. The summed E-state index contributed by atoms with van der Waals surface area (Å²) in [5.41, 5.74) is 8.01. The van der Waals surface area contributed by atoms with Crippen LogP contribution in [0.15, 0.2) is 48.5 Å². The van der Waals surface area contributed by atoms with E-state index in [1.54, 1.807) is 31.1 Å². The summed E-state index contributed by atoms with van der Waals surface area (Å²) in [6.07, 6.45) is 1.75. The number of nitrogens with two attached hydrogens (primary N) is 1. The first kappa shape index (κ1) is 26.0. The largest absolute Gasteiger partial charge is 0.497 e. The summed E-state index contributed by atoms with van der Waals surface area (Å²) >= 11 is 0. The van der Waals surface area contributed by atoms with Crippen LogP contribution in [0, 0.1) is 0 Å². The maximum atomic E-state index is 13.0. The summed E-state index contributed by atoms with van der Waals surface area (Å²) in [7, 11) is 1.60. The van der Waals surface area contributed by atoms with Gasteiger partial charge in [-0.1, -0.05) is 24.3 Å². The number of ether oxygens (including phenoxy) is 3. The molecule has 9 nitrogen and oxygen atoms in total. The van der Waals surface area contributed by atoms with Gasteiger partial charge in [0, 0.05) is 13.1 Å². The highest BCUT2D eigenvalue weighted by Crippen LogP contribution is 2.20. The van der Waals surface area contributed by atoms with Crippen LogP contribution in [0.1, 0.15) is 30.9 Å². The molecular weight excluding hydrogens is 450 g/mol. The molecular formula is C26H33N3O6. The third-order valence-corrected chi connectivity index (χ3v) is 5.82. The third kappa shape index (κ3) is 7.45. The number of likely N-dealkylation sites (tertiary alicyclic amines) is 1. The number of hydrogen-bond acceptors (Lipinski definition) is 7. The van der Waals surface area contributed by atoms with Crippen LogP contribution in [0.2, 0.25) is 0 Å². The van der Waals surface area contributed by atoms with Gasteiger partial charge in [0.2, 0.25) is 11.8 Å². The van der Waals surface area contributed by atoms with Crippen LogP contribution >= 0.6 is 0 Å². The number of nitrogens with one attached hydrogen (secondary N) is 1. The van der Waals surface area contributed by atoms with Gasteiger partial charge in [-0.25, -0.2) is 4.79 Å². The van der Waals surface area contributed by atoms with Crippen molar-refractivity contribution < 1.29 is 28.6 Å². The first-order valence-electron chi connectivity index (χ1n) is 11.7. The Morgan fingerprint density at radius 1 is 1.06 bits per heavy atom. The molecule has 2 atom stereocenters. The van der Waals surface area contributed by atoms with E-state index in [4.69, 9.17) is 19.9 Å². The Bertz CT molecular complexity index is 993. The van der Waals surface area contributed by atoms with Gasteiger partial charge in [0.05, 0.1) is 19.8 Å². The summed E-state index contributed by atoms with van der Waals surface area (Å²) < 4.78 is 15.4. The first-order chi connectivity index (χ1) is 16.9. The summed E-state index contributed by atoms with van der Waals surface area (Å²) in [4.78, 5) is 38.8. The van der Waals surface area contributed by atoms with Gasteiger partial charge in [-0.05, 0) is 61.6 Å². The fourth-order valence-corrected chi connectivity index (χ4v) is 3.97. The number of esters is 1. The smallest absolute Gasteiger partial charge is 0.344 e. The van der Waals surface area contributed by atoms with E-state index in [-0.39, 0.29) is 18.4 Å². The first-order valence-corrected chi connectivity index (χ1v) is 11.7. The van der Waals surface area contributed by atoms with Gasteiger partial charge in [0.1, 0.15) is 17.5 Å². The molecule has 1 fully saturated rings. The van der Waals surface area contributed by atoms with Gasteiger partial charge in [-0.2, -0.15) is 0 Å². The maximum absolute atomic E-state index is 13.0. The van der Waals surface area contributed by atoms with Crippen LogP contribution < -0.4 is 20.5 Å². The predicted molar refractivity (Wildman–Crippen MR) is 130 cm³/mol. The highest BCUT2D eigenvalue weighted by atomic mass is 16.6. The molecule has 0 unspecified atom stereocenters.